The Kier molecular flexibility index (Phi) is 17.3. The first-order chi connectivity index (χ1) is 60.9. The van der Waals surface area contributed by atoms with Crippen LogP contribution < -0.4 is 31.1 Å². The zero-order valence-electron chi connectivity index (χ0n) is 80.3. The second-order valence-corrected chi connectivity index (χ2v) is 38.0. The first-order valence-corrected chi connectivity index (χ1v) is 42.2. The van der Waals surface area contributed by atoms with Crippen LogP contribution in [0.15, 0.2) is 340 Å². The maximum absolute atomic E-state index is 10.1. The SMILES string of the molecule is [2H]c1c([2H])c([2H])c(N(c2ccccc2)c2ccc3c(c2)c2c([2H])c([2H])c([2H])c([2H])c2n3CCc2cc3c4c(c2)N(Cc2c(-c5ccccc5)cc(C(C)(C)C)cc2-c2ccccc2)c2cc(-c5cc(C(C)(C)C)cc(C(C)(C)C)c5)ccc2B4c2ccc(-c4cc(C(C)(C)C)cc(C(C)(C)C)c4)cc2N3Cc2cc(-c3ccccc3)cc(-c3ccccc3)c2)c([2H])c1[2H]. The average Bonchev–Trinajstić information content (AvgIpc) is 0.956. The lowest BCUT2D eigenvalue weighted by atomic mass is 9.33. The van der Waals surface area contributed by atoms with Crippen molar-refractivity contribution in [3.63, 3.8) is 0 Å². The van der Waals surface area contributed by atoms with Gasteiger partial charge in [-0.05, 0) is 252 Å². The first-order valence-electron chi connectivity index (χ1n) is 46.7. The lowest BCUT2D eigenvalue weighted by Crippen LogP contribution is -2.62. The molecule has 16 aromatic rings. The van der Waals surface area contributed by atoms with Crippen molar-refractivity contribution in [2.45, 2.75) is 157 Å². The molecule has 18 rings (SSSR count). The van der Waals surface area contributed by atoms with E-state index < -0.39 is 30.2 Å². The lowest BCUT2D eigenvalue weighted by molar-refractivity contribution is 0.568. The van der Waals surface area contributed by atoms with Crippen molar-refractivity contribution < 1.29 is 12.3 Å². The molecule has 0 fully saturated rings. The quantitative estimate of drug-likeness (QED) is 0.0896. The van der Waals surface area contributed by atoms with Crippen molar-refractivity contribution in [2.24, 2.45) is 0 Å². The molecule has 0 spiro atoms. The summed E-state index contributed by atoms with van der Waals surface area (Å²) in [7, 11) is 0. The van der Waals surface area contributed by atoms with E-state index in [9.17, 15) is 8.22 Å². The van der Waals surface area contributed by atoms with Crippen molar-refractivity contribution >= 4 is 84.7 Å². The van der Waals surface area contributed by atoms with Crippen LogP contribution in [-0.2, 0) is 53.1 Å². The molecule has 2 aliphatic rings. The highest BCUT2D eigenvalue weighted by Gasteiger charge is 2.44. The van der Waals surface area contributed by atoms with E-state index in [0.29, 0.717) is 52.7 Å². The summed E-state index contributed by atoms with van der Waals surface area (Å²) in [5, 5.41) is 0.818. The third-order valence-electron chi connectivity index (χ3n) is 24.6. The molecule has 0 unspecified atom stereocenters. The molecule has 15 aromatic carbocycles. The van der Waals surface area contributed by atoms with Crippen LogP contribution in [0, 0.1) is 0 Å². The van der Waals surface area contributed by atoms with Gasteiger partial charge in [0.25, 0.3) is 6.71 Å². The van der Waals surface area contributed by atoms with E-state index >= 15 is 0 Å². The molecule has 4 nitrogen and oxygen atoms in total. The highest BCUT2D eigenvalue weighted by molar-refractivity contribution is 7.00. The maximum Gasteiger partial charge on any atom is 0.252 e. The van der Waals surface area contributed by atoms with Crippen LogP contribution in [0.4, 0.5) is 39.8 Å². The van der Waals surface area contributed by atoms with Gasteiger partial charge in [0.2, 0.25) is 0 Å². The smallest absolute Gasteiger partial charge is 0.252 e. The Morgan fingerprint density at radius 3 is 1.18 bits per heavy atom. The first kappa shape index (κ1) is 67.6. The third-order valence-corrected chi connectivity index (χ3v) is 24.6. The molecule has 0 bridgehead atoms. The minimum absolute atomic E-state index is 0.0598. The third kappa shape index (κ3) is 15.2. The standard InChI is InChI=1S/C114H109BN4/c1-110(2,3)88-63-86(64-89(69-88)111(4,5)6)82-50-53-101-105(67-82)117(74-77-58-84(78-36-22-16-23-37-78)62-85(59-77)79-38-24-17-25-39-79)107-60-76(56-57-116-103-49-35-34-48-96(103)99-73-95(52-55-104(99)116)119(93-44-30-20-31-45-93)94-46-32-21-33-47-94)61-108-109(107)115(101)102-54-51-83(87-65-90(112(7,8)9)70-91(66-87)113(10,11)12)68-106(102)118(108)75-100-97(80-40-26-18-27-41-80)71-92(114(13,14)15)72-98(100)81-42-28-19-29-43-81/h16-55,58-73H,56-57,74-75H2,1-15H3/i20D,30D,31D,34D,35D,44D,45D,48D,49D. The molecule has 0 N–H and O–H groups in total. The molecule has 0 atom stereocenters. The van der Waals surface area contributed by atoms with Gasteiger partial charge in [-0.3, -0.25) is 0 Å². The number of nitrogens with zero attached hydrogens (tertiary/aromatic N) is 4. The van der Waals surface area contributed by atoms with Crippen LogP contribution >= 0.6 is 0 Å². The normalized spacial score (nSPS) is 14.0. The van der Waals surface area contributed by atoms with Gasteiger partial charge >= 0.3 is 0 Å². The minimum Gasteiger partial charge on any atom is -0.340 e. The Bertz CT molecular complexity index is 6860. The Labute approximate surface area is 719 Å². The van der Waals surface area contributed by atoms with Gasteiger partial charge in [-0.1, -0.05) is 352 Å². The van der Waals surface area contributed by atoms with Gasteiger partial charge in [0.1, 0.15) is 0 Å². The molecule has 0 saturated heterocycles. The van der Waals surface area contributed by atoms with E-state index in [0.717, 1.165) is 101 Å². The molecular formula is C114H109BN4. The Hall–Kier alpha value is -12.4. The van der Waals surface area contributed by atoms with Gasteiger partial charge < -0.3 is 19.3 Å². The van der Waals surface area contributed by atoms with E-state index in [1.165, 1.54) is 49.8 Å². The highest BCUT2D eigenvalue weighted by atomic mass is 15.2. The summed E-state index contributed by atoms with van der Waals surface area (Å²) in [6.45, 7) is 35.5. The van der Waals surface area contributed by atoms with Crippen molar-refractivity contribution in [3.8, 4) is 66.8 Å². The number of benzene rings is 15. The Balaban J connectivity index is 0.945. The summed E-state index contributed by atoms with van der Waals surface area (Å²) in [5.74, 6) is 0. The number of para-hydroxylation sites is 3. The summed E-state index contributed by atoms with van der Waals surface area (Å²) in [6, 6.07) is 101. The molecule has 588 valence electrons. The second kappa shape index (κ2) is 30.5. The molecule has 0 radical (unpaired) electrons. The van der Waals surface area contributed by atoms with Gasteiger partial charge in [0.15, 0.2) is 0 Å². The maximum atomic E-state index is 10.1. The van der Waals surface area contributed by atoms with Crippen LogP contribution in [0.25, 0.3) is 88.6 Å². The lowest BCUT2D eigenvalue weighted by Gasteiger charge is -2.45. The molecule has 119 heavy (non-hydrogen) atoms. The number of hydrogen-bond acceptors (Lipinski definition) is 3. The monoisotopic (exact) mass is 1550 g/mol. The predicted octanol–water partition coefficient (Wildman–Crippen LogP) is 28.8. The zero-order valence-corrected chi connectivity index (χ0v) is 71.3. The molecule has 0 aliphatic carbocycles. The van der Waals surface area contributed by atoms with Crippen LogP contribution in [0.5, 0.6) is 0 Å². The summed E-state index contributed by atoms with van der Waals surface area (Å²) < 4.78 is 86.2. The number of hydrogen-bond donors (Lipinski definition) is 0. The van der Waals surface area contributed by atoms with Crippen LogP contribution in [0.2, 0.25) is 0 Å². The van der Waals surface area contributed by atoms with Crippen LogP contribution in [-0.4, -0.2) is 11.3 Å². The molecule has 5 heteroatoms. The van der Waals surface area contributed by atoms with E-state index in [-0.39, 0.29) is 70.2 Å². The minimum atomic E-state index is -0.515. The molecule has 3 heterocycles. The summed E-state index contributed by atoms with van der Waals surface area (Å²) in [5.41, 5.74) is 31.8. The van der Waals surface area contributed by atoms with Crippen molar-refractivity contribution in [2.75, 3.05) is 14.7 Å². The number of anilines is 7. The summed E-state index contributed by atoms with van der Waals surface area (Å²) in [6.07, 6.45) is 0.380. The topological polar surface area (TPSA) is 14.7 Å². The molecule has 0 amide bonds. The fraction of sp³-hybridized carbons (Fsp3) is 0.211. The fourth-order valence-electron chi connectivity index (χ4n) is 17.8. The van der Waals surface area contributed by atoms with E-state index in [1.54, 1.807) is 4.90 Å². The summed E-state index contributed by atoms with van der Waals surface area (Å²) in [4.78, 5) is 6.93. The van der Waals surface area contributed by atoms with Gasteiger partial charge in [0, 0.05) is 81.3 Å². The van der Waals surface area contributed by atoms with Gasteiger partial charge in [-0.25, -0.2) is 0 Å². The highest BCUT2D eigenvalue weighted by Crippen LogP contribution is 2.49. The molecular weight excluding hydrogens is 1440 g/mol. The molecule has 1 aromatic heterocycles. The largest absolute Gasteiger partial charge is 0.340 e. The summed E-state index contributed by atoms with van der Waals surface area (Å²) >= 11 is 0. The van der Waals surface area contributed by atoms with Gasteiger partial charge in [0.05, 0.1) is 12.3 Å². The van der Waals surface area contributed by atoms with Crippen LogP contribution in [0.1, 0.15) is 161 Å². The van der Waals surface area contributed by atoms with Crippen LogP contribution in [0.3, 0.4) is 0 Å². The van der Waals surface area contributed by atoms with Gasteiger partial charge in [-0.2, -0.15) is 0 Å². The average molecular weight is 1560 g/mol. The zero-order chi connectivity index (χ0) is 90.3. The van der Waals surface area contributed by atoms with Crippen molar-refractivity contribution in [1.82, 2.24) is 4.57 Å². The Morgan fingerprint density at radius 1 is 0.294 bits per heavy atom. The number of fused-ring (bicyclic) bond motifs is 7. The van der Waals surface area contributed by atoms with Crippen molar-refractivity contribution in [3.05, 3.63) is 384 Å². The number of rotatable bonds is 16. The van der Waals surface area contributed by atoms with Gasteiger partial charge in [-0.15, -0.1) is 0 Å². The van der Waals surface area contributed by atoms with Crippen molar-refractivity contribution in [1.29, 1.82) is 0 Å². The van der Waals surface area contributed by atoms with E-state index in [2.05, 4.69) is 355 Å². The Morgan fingerprint density at radius 2 is 0.714 bits per heavy atom. The second-order valence-electron chi connectivity index (χ2n) is 38.0. The van der Waals surface area contributed by atoms with E-state index in [4.69, 9.17) is 4.11 Å². The number of aryl methyl sites for hydroxylation is 2. The molecule has 0 saturated carbocycles. The molecule has 2 aliphatic heterocycles. The van der Waals surface area contributed by atoms with E-state index in [1.807, 2.05) is 48.5 Å². The fourth-order valence-corrected chi connectivity index (χ4v) is 17.8. The number of aromatic nitrogens is 1. The predicted molar refractivity (Wildman–Crippen MR) is 512 cm³/mol.